The Labute approximate surface area is 139 Å². The molecular weight excluding hydrogens is 284 g/mol. The number of rotatable bonds is 6. The van der Waals surface area contributed by atoms with Gasteiger partial charge in [0.25, 0.3) is 0 Å². The fourth-order valence-corrected chi connectivity index (χ4v) is 3.44. The normalized spacial score (nSPS) is 22.1. The van der Waals surface area contributed by atoms with E-state index >= 15 is 0 Å². The van der Waals surface area contributed by atoms with Gasteiger partial charge in [0, 0.05) is 37.6 Å². The molecule has 0 saturated carbocycles. The van der Waals surface area contributed by atoms with Gasteiger partial charge in [-0.1, -0.05) is 24.1 Å². The predicted octanol–water partition coefficient (Wildman–Crippen LogP) is 4.24. The summed E-state index contributed by atoms with van der Waals surface area (Å²) in [6, 6.07) is 0. The lowest BCUT2D eigenvalue weighted by atomic mass is 9.73. The second-order valence-corrected chi connectivity index (χ2v) is 6.41. The molecule has 2 rings (SSSR count). The largest absolute Gasteiger partial charge is 0.339 e. The van der Waals surface area contributed by atoms with Gasteiger partial charge in [-0.3, -0.25) is 5.41 Å². The van der Waals surface area contributed by atoms with E-state index in [4.69, 9.17) is 5.41 Å². The average molecular weight is 312 g/mol. The standard InChI is InChI=1S/C19H28N4/c1-6-8-22(12-20)10-18-14(2)16(4)19(17(5)15(18)3)11-23-9-7-21-13-23/h6-9,12-14,18,20H,10-11H2,1-5H3/b8-6-,20-12?. The second kappa shape index (κ2) is 7.44. The van der Waals surface area contributed by atoms with Crippen LogP contribution in [-0.2, 0) is 6.54 Å². The molecule has 0 aromatic carbocycles. The van der Waals surface area contributed by atoms with Crippen molar-refractivity contribution in [3.63, 3.8) is 0 Å². The lowest BCUT2D eigenvalue weighted by Gasteiger charge is -2.36. The smallest absolute Gasteiger partial charge is 0.0949 e. The zero-order valence-corrected chi connectivity index (χ0v) is 14.9. The van der Waals surface area contributed by atoms with Crippen molar-refractivity contribution in [1.29, 1.82) is 5.41 Å². The maximum Gasteiger partial charge on any atom is 0.0949 e. The Morgan fingerprint density at radius 1 is 1.30 bits per heavy atom. The van der Waals surface area contributed by atoms with E-state index in [1.807, 2.05) is 42.8 Å². The minimum absolute atomic E-state index is 0.444. The minimum atomic E-state index is 0.444. The number of nitrogens with one attached hydrogen (secondary N) is 1. The highest BCUT2D eigenvalue weighted by atomic mass is 15.1. The highest BCUT2D eigenvalue weighted by molar-refractivity contribution is 5.53. The number of hydrogen-bond acceptors (Lipinski definition) is 2. The molecule has 4 heteroatoms. The molecule has 0 saturated heterocycles. The van der Waals surface area contributed by atoms with E-state index in [0.717, 1.165) is 13.1 Å². The Morgan fingerprint density at radius 3 is 2.61 bits per heavy atom. The molecule has 23 heavy (non-hydrogen) atoms. The maximum atomic E-state index is 7.60. The lowest BCUT2D eigenvalue weighted by molar-refractivity contribution is 0.370. The van der Waals surface area contributed by atoms with Crippen LogP contribution in [0.25, 0.3) is 0 Å². The van der Waals surface area contributed by atoms with Gasteiger partial charge in [-0.05, 0) is 44.8 Å². The van der Waals surface area contributed by atoms with Crippen molar-refractivity contribution < 1.29 is 0 Å². The third kappa shape index (κ3) is 3.63. The molecule has 0 spiro atoms. The zero-order valence-electron chi connectivity index (χ0n) is 14.9. The van der Waals surface area contributed by atoms with E-state index in [1.54, 1.807) is 0 Å². The monoisotopic (exact) mass is 312 g/mol. The van der Waals surface area contributed by atoms with Crippen molar-refractivity contribution in [2.75, 3.05) is 6.54 Å². The van der Waals surface area contributed by atoms with Gasteiger partial charge in [-0.15, -0.1) is 0 Å². The first-order chi connectivity index (χ1) is 11.0. The number of aromatic nitrogens is 2. The van der Waals surface area contributed by atoms with E-state index in [2.05, 4.69) is 37.2 Å². The second-order valence-electron chi connectivity index (χ2n) is 6.41. The summed E-state index contributed by atoms with van der Waals surface area (Å²) >= 11 is 0. The zero-order chi connectivity index (χ0) is 17.0. The number of imidazole rings is 1. The van der Waals surface area contributed by atoms with Crippen molar-refractivity contribution in [3.05, 3.63) is 53.3 Å². The molecule has 0 fully saturated rings. The van der Waals surface area contributed by atoms with Gasteiger partial charge in [0.2, 0.25) is 0 Å². The van der Waals surface area contributed by atoms with Crippen molar-refractivity contribution in [2.45, 2.75) is 41.2 Å². The molecule has 1 aromatic rings. The molecule has 1 heterocycles. The van der Waals surface area contributed by atoms with Gasteiger partial charge in [-0.2, -0.15) is 0 Å². The highest BCUT2D eigenvalue weighted by Gasteiger charge is 2.30. The molecule has 0 radical (unpaired) electrons. The van der Waals surface area contributed by atoms with E-state index < -0.39 is 0 Å². The van der Waals surface area contributed by atoms with Gasteiger partial charge >= 0.3 is 0 Å². The van der Waals surface area contributed by atoms with Crippen molar-refractivity contribution >= 4 is 6.34 Å². The Balaban J connectivity index is 2.28. The molecule has 124 valence electrons. The molecule has 0 amide bonds. The fourth-order valence-electron chi connectivity index (χ4n) is 3.44. The van der Waals surface area contributed by atoms with Crippen LogP contribution in [0.15, 0.2) is 53.3 Å². The van der Waals surface area contributed by atoms with Crippen LogP contribution in [0.1, 0.15) is 34.6 Å². The molecule has 1 aromatic heterocycles. The van der Waals surface area contributed by atoms with Crippen LogP contribution >= 0.6 is 0 Å². The van der Waals surface area contributed by atoms with Crippen molar-refractivity contribution in [1.82, 2.24) is 14.5 Å². The number of hydrogen-bond donors (Lipinski definition) is 1. The van der Waals surface area contributed by atoms with Crippen LogP contribution < -0.4 is 0 Å². The van der Waals surface area contributed by atoms with Gasteiger partial charge in [0.05, 0.1) is 12.7 Å². The number of nitrogens with zero attached hydrogens (tertiary/aromatic N) is 3. The average Bonchev–Trinajstić information content (AvgIpc) is 3.06. The van der Waals surface area contributed by atoms with Crippen LogP contribution in [0.5, 0.6) is 0 Å². The topological polar surface area (TPSA) is 44.9 Å². The van der Waals surface area contributed by atoms with Gasteiger partial charge in [0.15, 0.2) is 0 Å². The van der Waals surface area contributed by atoms with E-state index in [1.165, 1.54) is 28.6 Å². The van der Waals surface area contributed by atoms with Crippen LogP contribution in [0.2, 0.25) is 0 Å². The molecule has 1 aliphatic carbocycles. The summed E-state index contributed by atoms with van der Waals surface area (Å²) in [5.74, 6) is 0.921. The summed E-state index contributed by atoms with van der Waals surface area (Å²) in [4.78, 5) is 6.11. The third-order valence-electron chi connectivity index (χ3n) is 5.18. The first-order valence-corrected chi connectivity index (χ1v) is 8.21. The Bertz CT molecular complexity index is 634. The minimum Gasteiger partial charge on any atom is -0.339 e. The first-order valence-electron chi connectivity index (χ1n) is 8.21. The highest BCUT2D eigenvalue weighted by Crippen LogP contribution is 2.39. The fraction of sp³-hybridized carbons (Fsp3) is 0.474. The van der Waals surface area contributed by atoms with Crippen LogP contribution in [0.3, 0.4) is 0 Å². The Morgan fingerprint density at radius 2 is 2.04 bits per heavy atom. The molecule has 4 nitrogen and oxygen atoms in total. The van der Waals surface area contributed by atoms with E-state index in [0.29, 0.717) is 11.8 Å². The molecule has 1 N–H and O–H groups in total. The molecule has 2 atom stereocenters. The summed E-state index contributed by atoms with van der Waals surface area (Å²) < 4.78 is 2.13. The maximum absolute atomic E-state index is 7.60. The van der Waals surface area contributed by atoms with Crippen molar-refractivity contribution in [2.24, 2.45) is 11.8 Å². The van der Waals surface area contributed by atoms with Gasteiger partial charge < -0.3 is 9.47 Å². The summed E-state index contributed by atoms with van der Waals surface area (Å²) in [6.07, 6.45) is 11.1. The lowest BCUT2D eigenvalue weighted by Crippen LogP contribution is -2.32. The van der Waals surface area contributed by atoms with Gasteiger partial charge in [0.1, 0.15) is 0 Å². The predicted molar refractivity (Wildman–Crippen MR) is 96.3 cm³/mol. The van der Waals surface area contributed by atoms with Crippen LogP contribution in [0.4, 0.5) is 0 Å². The van der Waals surface area contributed by atoms with Crippen molar-refractivity contribution in [3.8, 4) is 0 Å². The SMILES string of the molecule is C/C=C\N(C=N)CC1C(C)=C(C)C(Cn2ccnc2)=C(C)C1C. The van der Waals surface area contributed by atoms with E-state index in [9.17, 15) is 0 Å². The molecule has 0 bridgehead atoms. The van der Waals surface area contributed by atoms with E-state index in [-0.39, 0.29) is 0 Å². The Kier molecular flexibility index (Phi) is 5.59. The third-order valence-corrected chi connectivity index (χ3v) is 5.18. The summed E-state index contributed by atoms with van der Waals surface area (Å²) in [5.41, 5.74) is 5.72. The van der Waals surface area contributed by atoms with Gasteiger partial charge in [-0.25, -0.2) is 4.98 Å². The Hall–Kier alpha value is -2.10. The summed E-state index contributed by atoms with van der Waals surface area (Å²) in [5, 5.41) is 7.60. The molecular formula is C19H28N4. The summed E-state index contributed by atoms with van der Waals surface area (Å²) in [6.45, 7) is 12.8. The molecule has 0 aliphatic heterocycles. The quantitative estimate of drug-likeness (QED) is 0.630. The number of allylic oxidation sites excluding steroid dienone is 4. The molecule has 1 aliphatic rings. The molecule has 2 unspecified atom stereocenters. The first kappa shape index (κ1) is 17.3. The van der Waals surface area contributed by atoms with Crippen LogP contribution in [-0.4, -0.2) is 27.3 Å². The summed E-state index contributed by atoms with van der Waals surface area (Å²) in [7, 11) is 0. The van der Waals surface area contributed by atoms with Crippen LogP contribution in [0, 0.1) is 17.2 Å².